The van der Waals surface area contributed by atoms with Gasteiger partial charge in [0.05, 0.1) is 11.8 Å². The molecule has 0 spiro atoms. The normalized spacial score (nSPS) is 11.3. The number of anilines is 1. The summed E-state index contributed by atoms with van der Waals surface area (Å²) in [7, 11) is 1.77. The second-order valence-electron chi connectivity index (χ2n) is 4.75. The first kappa shape index (κ1) is 15.6. The molecule has 0 aliphatic carbocycles. The number of nitrogens with two attached hydrogens (primary N) is 1. The number of amides is 1. The van der Waals surface area contributed by atoms with E-state index in [-0.39, 0.29) is 18.3 Å². The fourth-order valence-corrected chi connectivity index (χ4v) is 1.79. The van der Waals surface area contributed by atoms with Crippen LogP contribution in [0.15, 0.2) is 41.8 Å². The van der Waals surface area contributed by atoms with E-state index in [4.69, 9.17) is 10.6 Å². The quantitative estimate of drug-likeness (QED) is 0.477. The molecule has 0 fully saturated rings. The van der Waals surface area contributed by atoms with E-state index >= 15 is 0 Å². The summed E-state index contributed by atoms with van der Waals surface area (Å²) in [6.07, 6.45) is 4.23. The minimum atomic E-state index is -0.299. The van der Waals surface area contributed by atoms with Gasteiger partial charge in [-0.05, 0) is 24.1 Å². The maximum Gasteiger partial charge on any atom is 0.265 e. The van der Waals surface area contributed by atoms with Crippen molar-refractivity contribution in [1.29, 1.82) is 0 Å². The number of carbonyl (C=O) groups excluding carboxylic acids is 1. The molecule has 1 aromatic carbocycles. The van der Waals surface area contributed by atoms with Gasteiger partial charge in [-0.25, -0.2) is 0 Å². The molecule has 0 bridgehead atoms. The third-order valence-electron chi connectivity index (χ3n) is 3.01. The predicted molar refractivity (Wildman–Crippen MR) is 84.3 cm³/mol. The van der Waals surface area contributed by atoms with Crippen LogP contribution in [-0.2, 0) is 23.1 Å². The van der Waals surface area contributed by atoms with Crippen molar-refractivity contribution in [2.45, 2.75) is 13.3 Å². The molecule has 116 valence electrons. The van der Waals surface area contributed by atoms with Crippen molar-refractivity contribution in [2.24, 2.45) is 17.9 Å². The van der Waals surface area contributed by atoms with E-state index in [0.717, 1.165) is 12.1 Å². The Kier molecular flexibility index (Phi) is 5.13. The zero-order chi connectivity index (χ0) is 15.9. The molecular weight excluding hydrogens is 282 g/mol. The molecule has 0 radical (unpaired) electrons. The van der Waals surface area contributed by atoms with Gasteiger partial charge >= 0.3 is 0 Å². The van der Waals surface area contributed by atoms with E-state index in [1.807, 2.05) is 24.3 Å². The van der Waals surface area contributed by atoms with Gasteiger partial charge in [-0.1, -0.05) is 24.2 Å². The maximum atomic E-state index is 11.7. The molecule has 0 aliphatic rings. The molecular formula is C15H19N5O2. The number of rotatable bonds is 6. The molecule has 7 heteroatoms. The van der Waals surface area contributed by atoms with Crippen LogP contribution in [0.5, 0.6) is 0 Å². The first-order valence-corrected chi connectivity index (χ1v) is 6.91. The van der Waals surface area contributed by atoms with E-state index in [9.17, 15) is 4.79 Å². The summed E-state index contributed by atoms with van der Waals surface area (Å²) in [6.45, 7) is 1.86. The van der Waals surface area contributed by atoms with E-state index in [0.29, 0.717) is 5.56 Å². The zero-order valence-electron chi connectivity index (χ0n) is 12.6. The molecule has 2 rings (SSSR count). The number of carbonyl (C=O) groups is 1. The third kappa shape index (κ3) is 4.34. The van der Waals surface area contributed by atoms with E-state index in [1.165, 1.54) is 5.56 Å². The summed E-state index contributed by atoms with van der Waals surface area (Å²) in [5, 5.41) is 10.4. The standard InChI is InChI=1S/C15H19N5O2/c1-3-11-4-6-13(7-5-11)18-14(21)10-22-19-15(16)12-8-17-20(2)9-12/h4-9H,3,10H2,1-2H3,(H2,16,19)(H,18,21). The Morgan fingerprint density at radius 1 is 1.41 bits per heavy atom. The summed E-state index contributed by atoms with van der Waals surface area (Å²) in [5.74, 6) is -0.125. The lowest BCUT2D eigenvalue weighted by molar-refractivity contribution is -0.120. The number of hydrogen-bond acceptors (Lipinski definition) is 4. The number of aromatic nitrogens is 2. The molecule has 0 saturated heterocycles. The Hall–Kier alpha value is -2.83. The predicted octanol–water partition coefficient (Wildman–Crippen LogP) is 1.26. The zero-order valence-corrected chi connectivity index (χ0v) is 12.6. The summed E-state index contributed by atoms with van der Waals surface area (Å²) < 4.78 is 1.60. The highest BCUT2D eigenvalue weighted by Crippen LogP contribution is 2.09. The second-order valence-corrected chi connectivity index (χ2v) is 4.75. The van der Waals surface area contributed by atoms with Gasteiger partial charge in [0.15, 0.2) is 12.4 Å². The van der Waals surface area contributed by atoms with Crippen LogP contribution >= 0.6 is 0 Å². The van der Waals surface area contributed by atoms with Crippen molar-refractivity contribution in [3.8, 4) is 0 Å². The summed E-state index contributed by atoms with van der Waals surface area (Å²) in [4.78, 5) is 16.7. The van der Waals surface area contributed by atoms with E-state index in [2.05, 4.69) is 22.5 Å². The molecule has 1 heterocycles. The molecule has 2 aromatic rings. The molecule has 0 atom stereocenters. The largest absolute Gasteiger partial charge is 0.384 e. The average Bonchev–Trinajstić information content (AvgIpc) is 2.94. The molecule has 0 saturated carbocycles. The van der Waals surface area contributed by atoms with E-state index in [1.54, 1.807) is 24.1 Å². The minimum absolute atomic E-state index is 0.174. The summed E-state index contributed by atoms with van der Waals surface area (Å²) >= 11 is 0. The molecule has 0 unspecified atom stereocenters. The van der Waals surface area contributed by atoms with Crippen molar-refractivity contribution in [3.63, 3.8) is 0 Å². The second kappa shape index (κ2) is 7.26. The molecule has 22 heavy (non-hydrogen) atoms. The van der Waals surface area contributed by atoms with Crippen LogP contribution in [0.4, 0.5) is 5.69 Å². The van der Waals surface area contributed by atoms with Gasteiger partial charge in [0, 0.05) is 18.9 Å². The smallest absolute Gasteiger partial charge is 0.265 e. The Morgan fingerprint density at radius 3 is 2.73 bits per heavy atom. The monoisotopic (exact) mass is 301 g/mol. The highest BCUT2D eigenvalue weighted by Gasteiger charge is 2.05. The highest BCUT2D eigenvalue weighted by atomic mass is 16.6. The fraction of sp³-hybridized carbons (Fsp3) is 0.267. The number of oxime groups is 1. The number of nitrogens with zero attached hydrogens (tertiary/aromatic N) is 3. The minimum Gasteiger partial charge on any atom is -0.384 e. The SMILES string of the molecule is CCc1ccc(NC(=O)CO/N=C(/N)c2cnn(C)c2)cc1. The van der Waals surface area contributed by atoms with Crippen molar-refractivity contribution in [2.75, 3.05) is 11.9 Å². The lowest BCUT2D eigenvalue weighted by Gasteiger charge is -2.05. The van der Waals surface area contributed by atoms with Crippen LogP contribution in [0.1, 0.15) is 18.1 Å². The van der Waals surface area contributed by atoms with Crippen LogP contribution < -0.4 is 11.1 Å². The van der Waals surface area contributed by atoms with Crippen molar-refractivity contribution in [3.05, 3.63) is 47.8 Å². The maximum absolute atomic E-state index is 11.7. The highest BCUT2D eigenvalue weighted by molar-refractivity contribution is 5.96. The number of nitrogens with one attached hydrogen (secondary N) is 1. The van der Waals surface area contributed by atoms with Crippen molar-refractivity contribution < 1.29 is 9.63 Å². The van der Waals surface area contributed by atoms with Gasteiger partial charge < -0.3 is 15.9 Å². The van der Waals surface area contributed by atoms with Gasteiger partial charge in [0.2, 0.25) is 0 Å². The van der Waals surface area contributed by atoms with Crippen LogP contribution in [0.25, 0.3) is 0 Å². The molecule has 1 aromatic heterocycles. The molecule has 3 N–H and O–H groups in total. The van der Waals surface area contributed by atoms with Crippen molar-refractivity contribution >= 4 is 17.4 Å². The van der Waals surface area contributed by atoms with Gasteiger partial charge in [-0.3, -0.25) is 9.48 Å². The van der Waals surface area contributed by atoms with Crippen LogP contribution in [-0.4, -0.2) is 28.1 Å². The van der Waals surface area contributed by atoms with Crippen molar-refractivity contribution in [1.82, 2.24) is 9.78 Å². The molecule has 1 amide bonds. The average molecular weight is 301 g/mol. The van der Waals surface area contributed by atoms with Crippen LogP contribution in [0.3, 0.4) is 0 Å². The van der Waals surface area contributed by atoms with Crippen LogP contribution in [0.2, 0.25) is 0 Å². The molecule has 0 aliphatic heterocycles. The topological polar surface area (TPSA) is 94.5 Å². The first-order valence-electron chi connectivity index (χ1n) is 6.91. The Labute approximate surface area is 128 Å². The first-order chi connectivity index (χ1) is 10.6. The van der Waals surface area contributed by atoms with Gasteiger partial charge in [0.25, 0.3) is 5.91 Å². The number of amidine groups is 1. The van der Waals surface area contributed by atoms with E-state index < -0.39 is 0 Å². The number of hydrogen-bond donors (Lipinski definition) is 2. The lowest BCUT2D eigenvalue weighted by atomic mass is 10.1. The summed E-state index contributed by atoms with van der Waals surface area (Å²) in [5.41, 5.74) is 8.28. The van der Waals surface area contributed by atoms with Gasteiger partial charge in [-0.2, -0.15) is 5.10 Å². The lowest BCUT2D eigenvalue weighted by Crippen LogP contribution is -2.19. The Morgan fingerprint density at radius 2 is 2.14 bits per heavy atom. The number of aryl methyl sites for hydroxylation is 2. The number of benzene rings is 1. The van der Waals surface area contributed by atoms with Gasteiger partial charge in [0.1, 0.15) is 0 Å². The molecule has 7 nitrogen and oxygen atoms in total. The third-order valence-corrected chi connectivity index (χ3v) is 3.01. The van der Waals surface area contributed by atoms with Crippen LogP contribution in [0, 0.1) is 0 Å². The van der Waals surface area contributed by atoms with Gasteiger partial charge in [-0.15, -0.1) is 0 Å². The Bertz CT molecular complexity index is 661. The fourth-order valence-electron chi connectivity index (χ4n) is 1.79. The summed E-state index contributed by atoms with van der Waals surface area (Å²) in [6, 6.07) is 7.64. The Balaban J connectivity index is 1.82.